The molecular formula is C15H20N4. The number of nitrogens with one attached hydrogen (secondary N) is 2. The van der Waals surface area contributed by atoms with Crippen molar-refractivity contribution < 1.29 is 0 Å². The molecule has 4 nitrogen and oxygen atoms in total. The second-order valence-electron chi connectivity index (χ2n) is 4.89. The van der Waals surface area contributed by atoms with Crippen LogP contribution in [0.15, 0.2) is 30.9 Å². The molecule has 1 aromatic heterocycles. The summed E-state index contributed by atoms with van der Waals surface area (Å²) >= 11 is 0. The van der Waals surface area contributed by atoms with Gasteiger partial charge in [-0.2, -0.15) is 4.98 Å². The summed E-state index contributed by atoms with van der Waals surface area (Å²) in [6.45, 7) is 10.6. The second kappa shape index (κ2) is 5.69. The van der Waals surface area contributed by atoms with Crippen LogP contribution in [0.1, 0.15) is 19.4 Å². The molecule has 0 atom stereocenters. The minimum Gasteiger partial charge on any atom is -0.367 e. The Morgan fingerprint density at radius 1 is 1.32 bits per heavy atom. The summed E-state index contributed by atoms with van der Waals surface area (Å²) in [5, 5.41) is 7.56. The Bertz CT molecular complexity index is 590. The highest BCUT2D eigenvalue weighted by Crippen LogP contribution is 2.23. The minimum absolute atomic E-state index is 0.325. The third kappa shape index (κ3) is 3.22. The maximum Gasteiger partial charge on any atom is 0.225 e. The van der Waals surface area contributed by atoms with Crippen molar-refractivity contribution in [2.45, 2.75) is 26.8 Å². The SMILES string of the molecule is C=CCNc1nc(NC(C)C)c2cc(C)ccc2n1. The first-order valence-electron chi connectivity index (χ1n) is 6.50. The van der Waals surface area contributed by atoms with Gasteiger partial charge in [-0.15, -0.1) is 6.58 Å². The van der Waals surface area contributed by atoms with E-state index in [0.29, 0.717) is 18.5 Å². The number of aromatic nitrogens is 2. The van der Waals surface area contributed by atoms with Crippen molar-refractivity contribution >= 4 is 22.7 Å². The van der Waals surface area contributed by atoms with Gasteiger partial charge in [0.2, 0.25) is 5.95 Å². The van der Waals surface area contributed by atoms with Crippen LogP contribution in [-0.4, -0.2) is 22.6 Å². The van der Waals surface area contributed by atoms with Gasteiger partial charge in [-0.1, -0.05) is 17.7 Å². The molecule has 2 rings (SSSR count). The molecule has 0 spiro atoms. The molecule has 0 radical (unpaired) electrons. The fourth-order valence-corrected chi connectivity index (χ4v) is 1.87. The van der Waals surface area contributed by atoms with E-state index in [0.717, 1.165) is 16.7 Å². The molecule has 19 heavy (non-hydrogen) atoms. The van der Waals surface area contributed by atoms with Crippen LogP contribution in [-0.2, 0) is 0 Å². The van der Waals surface area contributed by atoms with Crippen LogP contribution in [0.3, 0.4) is 0 Å². The van der Waals surface area contributed by atoms with Crippen molar-refractivity contribution in [3.63, 3.8) is 0 Å². The summed E-state index contributed by atoms with van der Waals surface area (Å²) in [4.78, 5) is 9.05. The fourth-order valence-electron chi connectivity index (χ4n) is 1.87. The Morgan fingerprint density at radius 2 is 2.11 bits per heavy atom. The van der Waals surface area contributed by atoms with E-state index in [2.05, 4.69) is 60.1 Å². The van der Waals surface area contributed by atoms with Gasteiger partial charge in [0.1, 0.15) is 5.82 Å². The first kappa shape index (κ1) is 13.3. The Balaban J connectivity index is 2.51. The molecule has 0 saturated heterocycles. The number of rotatable bonds is 5. The van der Waals surface area contributed by atoms with Crippen molar-refractivity contribution in [2.75, 3.05) is 17.2 Å². The molecule has 100 valence electrons. The molecule has 1 aromatic carbocycles. The van der Waals surface area contributed by atoms with Crippen molar-refractivity contribution in [3.8, 4) is 0 Å². The number of hydrogen-bond donors (Lipinski definition) is 2. The number of aryl methyl sites for hydroxylation is 1. The zero-order valence-electron chi connectivity index (χ0n) is 11.7. The monoisotopic (exact) mass is 256 g/mol. The molecule has 4 heteroatoms. The van der Waals surface area contributed by atoms with Crippen LogP contribution < -0.4 is 10.6 Å². The summed E-state index contributed by atoms with van der Waals surface area (Å²) in [5.74, 6) is 1.50. The van der Waals surface area contributed by atoms with E-state index < -0.39 is 0 Å². The highest BCUT2D eigenvalue weighted by atomic mass is 15.1. The highest BCUT2D eigenvalue weighted by Gasteiger charge is 2.08. The zero-order valence-corrected chi connectivity index (χ0v) is 11.7. The summed E-state index contributed by atoms with van der Waals surface area (Å²) in [6.07, 6.45) is 1.79. The molecule has 0 saturated carbocycles. The number of anilines is 2. The molecule has 0 unspecified atom stereocenters. The first-order chi connectivity index (χ1) is 9.10. The summed E-state index contributed by atoms with van der Waals surface area (Å²) in [7, 11) is 0. The summed E-state index contributed by atoms with van der Waals surface area (Å²) in [5.41, 5.74) is 2.14. The third-order valence-electron chi connectivity index (χ3n) is 2.68. The second-order valence-corrected chi connectivity index (χ2v) is 4.89. The quantitative estimate of drug-likeness (QED) is 0.805. The first-order valence-corrected chi connectivity index (χ1v) is 6.50. The largest absolute Gasteiger partial charge is 0.367 e. The molecule has 0 fully saturated rings. The van der Waals surface area contributed by atoms with E-state index in [-0.39, 0.29) is 0 Å². The fraction of sp³-hybridized carbons (Fsp3) is 0.333. The molecule has 0 aliphatic carbocycles. The lowest BCUT2D eigenvalue weighted by Crippen LogP contribution is -2.13. The van der Waals surface area contributed by atoms with Crippen LogP contribution in [0.5, 0.6) is 0 Å². The molecule has 0 aliphatic rings. The molecule has 0 amide bonds. The van der Waals surface area contributed by atoms with Crippen LogP contribution >= 0.6 is 0 Å². The normalized spacial score (nSPS) is 10.7. The lowest BCUT2D eigenvalue weighted by atomic mass is 10.1. The molecule has 2 N–H and O–H groups in total. The topological polar surface area (TPSA) is 49.8 Å². The number of fused-ring (bicyclic) bond motifs is 1. The predicted molar refractivity (Wildman–Crippen MR) is 81.7 cm³/mol. The zero-order chi connectivity index (χ0) is 13.8. The lowest BCUT2D eigenvalue weighted by Gasteiger charge is -2.14. The smallest absolute Gasteiger partial charge is 0.225 e. The van der Waals surface area contributed by atoms with Gasteiger partial charge in [-0.25, -0.2) is 4.98 Å². The van der Waals surface area contributed by atoms with Crippen LogP contribution in [0.2, 0.25) is 0 Å². The van der Waals surface area contributed by atoms with E-state index in [9.17, 15) is 0 Å². The minimum atomic E-state index is 0.325. The Labute approximate surface area is 114 Å². The van der Waals surface area contributed by atoms with Gasteiger partial charge < -0.3 is 10.6 Å². The van der Waals surface area contributed by atoms with Gasteiger partial charge in [0, 0.05) is 18.0 Å². The average molecular weight is 256 g/mol. The summed E-state index contributed by atoms with van der Waals surface area (Å²) in [6, 6.07) is 6.52. The lowest BCUT2D eigenvalue weighted by molar-refractivity contribution is 0.890. The number of hydrogen-bond acceptors (Lipinski definition) is 4. The predicted octanol–water partition coefficient (Wildman–Crippen LogP) is 3.36. The number of nitrogens with zero attached hydrogens (tertiary/aromatic N) is 2. The number of benzene rings is 1. The highest BCUT2D eigenvalue weighted by molar-refractivity contribution is 5.90. The van der Waals surface area contributed by atoms with E-state index in [1.165, 1.54) is 5.56 Å². The van der Waals surface area contributed by atoms with E-state index >= 15 is 0 Å². The maximum atomic E-state index is 4.54. The van der Waals surface area contributed by atoms with E-state index in [1.807, 2.05) is 6.07 Å². The van der Waals surface area contributed by atoms with Gasteiger partial charge in [0.15, 0.2) is 0 Å². The van der Waals surface area contributed by atoms with E-state index in [1.54, 1.807) is 6.08 Å². The molecule has 2 aromatic rings. The maximum absolute atomic E-state index is 4.54. The van der Waals surface area contributed by atoms with Gasteiger partial charge in [-0.05, 0) is 32.9 Å². The Hall–Kier alpha value is -2.10. The van der Waals surface area contributed by atoms with Gasteiger partial charge in [0.05, 0.1) is 5.52 Å². The molecule has 0 bridgehead atoms. The summed E-state index contributed by atoms with van der Waals surface area (Å²) < 4.78 is 0. The van der Waals surface area contributed by atoms with Gasteiger partial charge in [0.25, 0.3) is 0 Å². The van der Waals surface area contributed by atoms with Crippen LogP contribution in [0, 0.1) is 6.92 Å². The van der Waals surface area contributed by atoms with E-state index in [4.69, 9.17) is 0 Å². The molecule has 1 heterocycles. The third-order valence-corrected chi connectivity index (χ3v) is 2.68. The van der Waals surface area contributed by atoms with Crippen LogP contribution in [0.25, 0.3) is 10.9 Å². The average Bonchev–Trinajstić information content (AvgIpc) is 2.36. The molecule has 0 aliphatic heterocycles. The van der Waals surface area contributed by atoms with Crippen molar-refractivity contribution in [3.05, 3.63) is 36.4 Å². The Morgan fingerprint density at radius 3 is 2.79 bits per heavy atom. The van der Waals surface area contributed by atoms with Crippen molar-refractivity contribution in [1.29, 1.82) is 0 Å². The Kier molecular flexibility index (Phi) is 4.00. The van der Waals surface area contributed by atoms with Gasteiger partial charge in [-0.3, -0.25) is 0 Å². The van der Waals surface area contributed by atoms with Crippen LogP contribution in [0.4, 0.5) is 11.8 Å². The van der Waals surface area contributed by atoms with Crippen molar-refractivity contribution in [2.24, 2.45) is 0 Å². The molecular weight excluding hydrogens is 236 g/mol. The van der Waals surface area contributed by atoms with Gasteiger partial charge >= 0.3 is 0 Å². The van der Waals surface area contributed by atoms with Crippen molar-refractivity contribution in [1.82, 2.24) is 9.97 Å². The standard InChI is InChI=1S/C15H20N4/c1-5-8-16-15-18-13-7-6-11(4)9-12(13)14(19-15)17-10(2)3/h5-7,9-10H,1,8H2,2-4H3,(H2,16,17,18,19).